The quantitative estimate of drug-likeness (QED) is 0.727. The first-order chi connectivity index (χ1) is 12.5. The third-order valence-electron chi connectivity index (χ3n) is 5.27. The molecule has 0 aromatic carbocycles. The Labute approximate surface area is 153 Å². The van der Waals surface area contributed by atoms with Gasteiger partial charge in [0.1, 0.15) is 34.0 Å². The van der Waals surface area contributed by atoms with Crippen molar-refractivity contribution in [1.29, 1.82) is 0 Å². The molecular formula is C18H17N5O2S. The molecule has 0 unspecified atom stereocenters. The van der Waals surface area contributed by atoms with Gasteiger partial charge in [-0.1, -0.05) is 0 Å². The molecule has 26 heavy (non-hydrogen) atoms. The molecule has 1 amide bonds. The fourth-order valence-electron chi connectivity index (χ4n) is 3.91. The van der Waals surface area contributed by atoms with Gasteiger partial charge >= 0.3 is 0 Å². The predicted octanol–water partition coefficient (Wildman–Crippen LogP) is 2.79. The van der Waals surface area contributed by atoms with Crippen LogP contribution in [0.1, 0.15) is 40.2 Å². The zero-order valence-electron chi connectivity index (χ0n) is 14.4. The van der Waals surface area contributed by atoms with Crippen molar-refractivity contribution in [1.82, 2.24) is 19.9 Å². The van der Waals surface area contributed by atoms with Crippen molar-refractivity contribution in [3.8, 4) is 0 Å². The molecule has 0 saturated heterocycles. The third kappa shape index (κ3) is 1.99. The highest BCUT2D eigenvalue weighted by atomic mass is 32.1. The number of hydrogen-bond acceptors (Lipinski definition) is 6. The minimum atomic E-state index is -0.550. The summed E-state index contributed by atoms with van der Waals surface area (Å²) in [7, 11) is 0. The van der Waals surface area contributed by atoms with Gasteiger partial charge in [-0.25, -0.2) is 9.97 Å². The van der Waals surface area contributed by atoms with Crippen molar-refractivity contribution in [3.63, 3.8) is 0 Å². The van der Waals surface area contributed by atoms with Crippen LogP contribution in [0.25, 0.3) is 10.2 Å². The Bertz CT molecular complexity index is 1140. The van der Waals surface area contributed by atoms with Gasteiger partial charge in [-0.05, 0) is 50.8 Å². The van der Waals surface area contributed by atoms with E-state index in [1.54, 1.807) is 22.0 Å². The summed E-state index contributed by atoms with van der Waals surface area (Å²) in [5.74, 6) is 0.445. The van der Waals surface area contributed by atoms with Gasteiger partial charge in [0, 0.05) is 4.88 Å². The Kier molecular flexibility index (Phi) is 3.06. The standard InChI is InChI=1S/C18H17N5O2S/c1-9-6-12(21-14-11-7-10(2)26-16(11)20-8-19-14)17(25)23-13(9)15(24)22-18(23)4-3-5-18/h6-8H,3-5H2,1-2H3,(H,22,24)(H,19,20,21). The largest absolute Gasteiger partial charge is 0.335 e. The van der Waals surface area contributed by atoms with E-state index in [2.05, 4.69) is 20.6 Å². The smallest absolute Gasteiger partial charge is 0.276 e. The highest BCUT2D eigenvalue weighted by Crippen LogP contribution is 2.41. The number of carbonyl (C=O) groups excluding carboxylic acids is 1. The van der Waals surface area contributed by atoms with Crippen molar-refractivity contribution in [2.75, 3.05) is 5.32 Å². The lowest BCUT2D eigenvalue weighted by Crippen LogP contribution is -2.52. The number of nitrogens with one attached hydrogen (secondary N) is 2. The second kappa shape index (κ2) is 5.14. The molecule has 0 radical (unpaired) electrons. The number of fused-ring (bicyclic) bond motifs is 3. The van der Waals surface area contributed by atoms with E-state index in [-0.39, 0.29) is 11.5 Å². The Morgan fingerprint density at radius 2 is 2.04 bits per heavy atom. The van der Waals surface area contributed by atoms with Crippen LogP contribution in [0.2, 0.25) is 0 Å². The fourth-order valence-corrected chi connectivity index (χ4v) is 4.76. The monoisotopic (exact) mass is 367 g/mol. The summed E-state index contributed by atoms with van der Waals surface area (Å²) in [6.07, 6.45) is 4.08. The third-order valence-corrected chi connectivity index (χ3v) is 6.23. The number of aromatic nitrogens is 3. The molecule has 0 atom stereocenters. The summed E-state index contributed by atoms with van der Waals surface area (Å²) in [5.41, 5.74) is 0.936. The van der Waals surface area contributed by atoms with Crippen molar-refractivity contribution in [3.05, 3.63) is 44.9 Å². The van der Waals surface area contributed by atoms with E-state index in [0.717, 1.165) is 39.9 Å². The molecule has 1 saturated carbocycles. The van der Waals surface area contributed by atoms with Gasteiger partial charge < -0.3 is 10.6 Å². The molecule has 7 nitrogen and oxygen atoms in total. The van der Waals surface area contributed by atoms with Crippen LogP contribution >= 0.6 is 11.3 Å². The lowest BCUT2D eigenvalue weighted by atomic mass is 9.85. The van der Waals surface area contributed by atoms with Gasteiger partial charge in [0.05, 0.1) is 5.39 Å². The summed E-state index contributed by atoms with van der Waals surface area (Å²) in [6, 6.07) is 3.75. The molecule has 132 valence electrons. The first kappa shape index (κ1) is 15.5. The molecule has 3 aromatic heterocycles. The van der Waals surface area contributed by atoms with E-state index < -0.39 is 5.66 Å². The van der Waals surface area contributed by atoms with E-state index >= 15 is 0 Å². The molecule has 1 spiro atoms. The number of hydrogen-bond donors (Lipinski definition) is 2. The highest BCUT2D eigenvalue weighted by Gasteiger charge is 2.48. The maximum atomic E-state index is 13.2. The minimum absolute atomic E-state index is 0.163. The molecule has 1 fully saturated rings. The predicted molar refractivity (Wildman–Crippen MR) is 100 cm³/mol. The van der Waals surface area contributed by atoms with Gasteiger partial charge in [-0.2, -0.15) is 0 Å². The van der Waals surface area contributed by atoms with Crippen LogP contribution in [0.3, 0.4) is 0 Å². The molecule has 8 heteroatoms. The summed E-state index contributed by atoms with van der Waals surface area (Å²) in [5, 5.41) is 7.09. The number of nitrogens with zero attached hydrogens (tertiary/aromatic N) is 3. The lowest BCUT2D eigenvalue weighted by molar-refractivity contribution is 0.0790. The second-order valence-electron chi connectivity index (χ2n) is 6.99. The maximum Gasteiger partial charge on any atom is 0.276 e. The zero-order chi connectivity index (χ0) is 18.1. The van der Waals surface area contributed by atoms with E-state index in [1.165, 1.54) is 6.33 Å². The average molecular weight is 367 g/mol. The van der Waals surface area contributed by atoms with Gasteiger partial charge in [0.2, 0.25) is 0 Å². The van der Waals surface area contributed by atoms with Gasteiger partial charge in [-0.15, -0.1) is 11.3 Å². The number of rotatable bonds is 2. The van der Waals surface area contributed by atoms with Crippen LogP contribution in [0.5, 0.6) is 0 Å². The van der Waals surface area contributed by atoms with E-state index in [4.69, 9.17) is 0 Å². The lowest BCUT2D eigenvalue weighted by Gasteiger charge is -2.39. The Morgan fingerprint density at radius 1 is 1.23 bits per heavy atom. The van der Waals surface area contributed by atoms with Crippen LogP contribution in [0.15, 0.2) is 23.3 Å². The summed E-state index contributed by atoms with van der Waals surface area (Å²) >= 11 is 1.59. The van der Waals surface area contributed by atoms with Gasteiger partial charge in [0.25, 0.3) is 11.5 Å². The number of carbonyl (C=O) groups is 1. The van der Waals surface area contributed by atoms with E-state index in [1.807, 2.05) is 19.9 Å². The number of amides is 1. The Hall–Kier alpha value is -2.74. The first-order valence-corrected chi connectivity index (χ1v) is 9.38. The molecule has 4 heterocycles. The molecular weight excluding hydrogens is 350 g/mol. The van der Waals surface area contributed by atoms with Gasteiger partial charge in [0.15, 0.2) is 0 Å². The summed E-state index contributed by atoms with van der Waals surface area (Å²) in [6.45, 7) is 3.88. The number of anilines is 2. The molecule has 1 aliphatic carbocycles. The highest BCUT2D eigenvalue weighted by molar-refractivity contribution is 7.18. The van der Waals surface area contributed by atoms with E-state index in [9.17, 15) is 9.59 Å². The molecule has 3 aromatic rings. The van der Waals surface area contributed by atoms with Gasteiger partial charge in [-0.3, -0.25) is 14.2 Å². The first-order valence-electron chi connectivity index (χ1n) is 8.56. The fraction of sp³-hybridized carbons (Fsp3) is 0.333. The number of pyridine rings is 1. The summed E-state index contributed by atoms with van der Waals surface area (Å²) < 4.78 is 1.65. The molecule has 1 aliphatic heterocycles. The van der Waals surface area contributed by atoms with Crippen LogP contribution in [-0.2, 0) is 5.66 Å². The Balaban J connectivity index is 1.67. The number of aryl methyl sites for hydroxylation is 2. The van der Waals surface area contributed by atoms with Crippen molar-refractivity contribution < 1.29 is 4.79 Å². The SMILES string of the molecule is Cc1cc2c(Nc3cc(C)c4n(c3=O)C3(CCC3)NC4=O)ncnc2s1. The van der Waals surface area contributed by atoms with Crippen LogP contribution in [0.4, 0.5) is 11.5 Å². The van der Waals surface area contributed by atoms with Crippen LogP contribution < -0.4 is 16.2 Å². The number of thiophene rings is 1. The molecule has 2 aliphatic rings. The summed E-state index contributed by atoms with van der Waals surface area (Å²) in [4.78, 5) is 36.2. The minimum Gasteiger partial charge on any atom is -0.335 e. The zero-order valence-corrected chi connectivity index (χ0v) is 15.2. The van der Waals surface area contributed by atoms with Crippen molar-refractivity contribution in [2.45, 2.75) is 38.8 Å². The van der Waals surface area contributed by atoms with Crippen molar-refractivity contribution >= 4 is 39.0 Å². The molecule has 5 rings (SSSR count). The topological polar surface area (TPSA) is 88.9 Å². The molecule has 2 N–H and O–H groups in total. The normalized spacial score (nSPS) is 17.2. The van der Waals surface area contributed by atoms with Crippen LogP contribution in [0, 0.1) is 13.8 Å². The average Bonchev–Trinajstić information content (AvgIpc) is 3.10. The second-order valence-corrected chi connectivity index (χ2v) is 8.23. The van der Waals surface area contributed by atoms with Crippen LogP contribution in [-0.4, -0.2) is 20.4 Å². The maximum absolute atomic E-state index is 13.2. The molecule has 0 bridgehead atoms. The Morgan fingerprint density at radius 3 is 2.77 bits per heavy atom. The van der Waals surface area contributed by atoms with Crippen molar-refractivity contribution in [2.24, 2.45) is 0 Å². The van der Waals surface area contributed by atoms with E-state index in [0.29, 0.717) is 17.2 Å².